The van der Waals surface area contributed by atoms with Crippen LogP contribution in [0.3, 0.4) is 0 Å². The number of rotatable bonds is 5. The number of hydrogen-bond donors (Lipinski definition) is 2. The molecule has 3 N–H and O–H groups in total. The van der Waals surface area contributed by atoms with E-state index in [2.05, 4.69) is 21.2 Å². The minimum absolute atomic E-state index is 0.0484. The number of carbonyl (C=O) groups is 1. The van der Waals surface area contributed by atoms with Gasteiger partial charge in [0, 0.05) is 10.2 Å². The molecule has 21 heavy (non-hydrogen) atoms. The van der Waals surface area contributed by atoms with Gasteiger partial charge in [-0.15, -0.1) is 0 Å². The van der Waals surface area contributed by atoms with E-state index in [0.29, 0.717) is 12.3 Å². The summed E-state index contributed by atoms with van der Waals surface area (Å²) < 4.78 is 19.7. The first-order chi connectivity index (χ1) is 10.0. The highest BCUT2D eigenvalue weighted by molar-refractivity contribution is 9.10. The summed E-state index contributed by atoms with van der Waals surface area (Å²) in [6, 6.07) is 11.5. The molecule has 0 aliphatic heterocycles. The summed E-state index contributed by atoms with van der Waals surface area (Å²) >= 11 is 3.34. The first kappa shape index (κ1) is 15.5. The summed E-state index contributed by atoms with van der Waals surface area (Å²) in [5.41, 5.74) is 6.91. The van der Waals surface area contributed by atoms with E-state index >= 15 is 0 Å². The molecule has 0 bridgehead atoms. The highest BCUT2D eigenvalue weighted by atomic mass is 79.9. The summed E-state index contributed by atoms with van der Waals surface area (Å²) in [5, 5.41) is 2.42. The predicted octanol–water partition coefficient (Wildman–Crippen LogP) is 3.33. The highest BCUT2D eigenvalue weighted by Crippen LogP contribution is 2.17. The van der Waals surface area contributed by atoms with Crippen molar-refractivity contribution < 1.29 is 13.9 Å². The Morgan fingerprint density at radius 3 is 2.67 bits per heavy atom. The van der Waals surface area contributed by atoms with Crippen LogP contribution in [0.25, 0.3) is 0 Å². The number of nitrogen functional groups attached to an aromatic ring is 1. The van der Waals surface area contributed by atoms with E-state index in [1.807, 2.05) is 24.3 Å². The van der Waals surface area contributed by atoms with Crippen molar-refractivity contribution in [2.75, 3.05) is 17.7 Å². The molecule has 0 atom stereocenters. The first-order valence-electron chi connectivity index (χ1n) is 6.21. The van der Waals surface area contributed by atoms with Crippen molar-refractivity contribution in [3.05, 3.63) is 58.3 Å². The lowest BCUT2D eigenvalue weighted by Gasteiger charge is -2.08. The summed E-state index contributed by atoms with van der Waals surface area (Å²) in [4.78, 5) is 11.7. The second kappa shape index (κ2) is 7.19. The smallest absolute Gasteiger partial charge is 0.250 e. The predicted molar refractivity (Wildman–Crippen MR) is 83.2 cm³/mol. The molecule has 0 saturated carbocycles. The van der Waals surface area contributed by atoms with Gasteiger partial charge >= 0.3 is 0 Å². The quantitative estimate of drug-likeness (QED) is 0.811. The van der Waals surface area contributed by atoms with E-state index in [-0.39, 0.29) is 12.3 Å². The minimum Gasteiger partial charge on any atom is -0.399 e. The molecular weight excluding hydrogens is 339 g/mol. The van der Waals surface area contributed by atoms with Gasteiger partial charge in [0.25, 0.3) is 0 Å². The largest absolute Gasteiger partial charge is 0.399 e. The lowest BCUT2D eigenvalue weighted by molar-refractivity contribution is -0.121. The number of nitrogens with one attached hydrogen (secondary N) is 1. The Bertz CT molecular complexity index is 632. The van der Waals surface area contributed by atoms with Crippen molar-refractivity contribution in [2.45, 2.75) is 6.61 Å². The van der Waals surface area contributed by atoms with Crippen LogP contribution in [0.1, 0.15) is 5.56 Å². The molecule has 0 fully saturated rings. The standard InChI is InChI=1S/C15H14BrFN2O2/c16-11-3-1-10(2-4-11)8-21-9-15(20)19-14-7-12(18)5-6-13(14)17/h1-7H,8-9,18H2,(H,19,20). The van der Waals surface area contributed by atoms with Gasteiger partial charge in [-0.05, 0) is 35.9 Å². The molecule has 4 nitrogen and oxygen atoms in total. The van der Waals surface area contributed by atoms with Gasteiger partial charge in [-0.25, -0.2) is 4.39 Å². The Morgan fingerprint density at radius 1 is 1.24 bits per heavy atom. The van der Waals surface area contributed by atoms with Gasteiger partial charge < -0.3 is 15.8 Å². The molecule has 0 aliphatic carbocycles. The Kier molecular flexibility index (Phi) is 5.30. The van der Waals surface area contributed by atoms with Crippen molar-refractivity contribution in [3.63, 3.8) is 0 Å². The lowest BCUT2D eigenvalue weighted by Crippen LogP contribution is -2.19. The zero-order chi connectivity index (χ0) is 15.2. The van der Waals surface area contributed by atoms with Crippen molar-refractivity contribution in [3.8, 4) is 0 Å². The molecule has 0 radical (unpaired) electrons. The summed E-state index contributed by atoms with van der Waals surface area (Å²) in [7, 11) is 0. The van der Waals surface area contributed by atoms with E-state index in [4.69, 9.17) is 10.5 Å². The number of halogens is 2. The Hall–Kier alpha value is -1.92. The van der Waals surface area contributed by atoms with Crippen molar-refractivity contribution in [1.29, 1.82) is 0 Å². The Balaban J connectivity index is 1.82. The van der Waals surface area contributed by atoms with Gasteiger partial charge in [0.15, 0.2) is 0 Å². The summed E-state index contributed by atoms with van der Waals surface area (Å²) in [5.74, 6) is -0.970. The fourth-order valence-electron chi connectivity index (χ4n) is 1.67. The van der Waals surface area contributed by atoms with E-state index in [0.717, 1.165) is 10.0 Å². The molecule has 0 aliphatic rings. The van der Waals surface area contributed by atoms with Crippen LogP contribution in [-0.2, 0) is 16.1 Å². The topological polar surface area (TPSA) is 64.3 Å². The number of benzene rings is 2. The molecule has 1 amide bonds. The minimum atomic E-state index is -0.537. The van der Waals surface area contributed by atoms with Gasteiger partial charge in [-0.1, -0.05) is 28.1 Å². The number of nitrogens with two attached hydrogens (primary N) is 1. The van der Waals surface area contributed by atoms with Crippen LogP contribution in [-0.4, -0.2) is 12.5 Å². The molecule has 0 spiro atoms. The lowest BCUT2D eigenvalue weighted by atomic mass is 10.2. The van der Waals surface area contributed by atoms with Crippen molar-refractivity contribution >= 4 is 33.2 Å². The third-order valence-electron chi connectivity index (χ3n) is 2.68. The molecule has 0 unspecified atom stereocenters. The van der Waals surface area contributed by atoms with Crippen molar-refractivity contribution in [2.24, 2.45) is 0 Å². The number of hydrogen-bond acceptors (Lipinski definition) is 3. The molecule has 2 aromatic rings. The zero-order valence-electron chi connectivity index (χ0n) is 11.1. The van der Waals surface area contributed by atoms with Crippen LogP contribution in [0.5, 0.6) is 0 Å². The molecule has 6 heteroatoms. The fourth-order valence-corrected chi connectivity index (χ4v) is 1.93. The van der Waals surface area contributed by atoms with Crippen LogP contribution in [0, 0.1) is 5.82 Å². The maximum absolute atomic E-state index is 13.4. The number of amides is 1. The van der Waals surface area contributed by atoms with Gasteiger partial charge in [-0.3, -0.25) is 4.79 Å². The fraction of sp³-hybridized carbons (Fsp3) is 0.133. The maximum Gasteiger partial charge on any atom is 0.250 e. The molecular formula is C15H14BrFN2O2. The van der Waals surface area contributed by atoms with Crippen LogP contribution >= 0.6 is 15.9 Å². The Morgan fingerprint density at radius 2 is 1.95 bits per heavy atom. The van der Waals surface area contributed by atoms with Crippen molar-refractivity contribution in [1.82, 2.24) is 0 Å². The molecule has 2 aromatic carbocycles. The third kappa shape index (κ3) is 4.84. The highest BCUT2D eigenvalue weighted by Gasteiger charge is 2.07. The van der Waals surface area contributed by atoms with E-state index in [9.17, 15) is 9.18 Å². The summed E-state index contributed by atoms with van der Waals surface area (Å²) in [6.45, 7) is 0.143. The molecule has 0 aromatic heterocycles. The average Bonchev–Trinajstić information content (AvgIpc) is 2.45. The molecule has 2 rings (SSSR count). The number of carbonyl (C=O) groups excluding carboxylic acids is 1. The first-order valence-corrected chi connectivity index (χ1v) is 7.01. The van der Waals surface area contributed by atoms with E-state index in [1.165, 1.54) is 18.2 Å². The Labute approximate surface area is 130 Å². The second-order valence-corrected chi connectivity index (χ2v) is 5.32. The van der Waals surface area contributed by atoms with Gasteiger partial charge in [0.1, 0.15) is 12.4 Å². The number of anilines is 2. The van der Waals surface area contributed by atoms with Gasteiger partial charge in [0.05, 0.1) is 12.3 Å². The SMILES string of the molecule is Nc1ccc(F)c(NC(=O)COCc2ccc(Br)cc2)c1. The van der Waals surface area contributed by atoms with Gasteiger partial charge in [0.2, 0.25) is 5.91 Å². The monoisotopic (exact) mass is 352 g/mol. The normalized spacial score (nSPS) is 10.4. The zero-order valence-corrected chi connectivity index (χ0v) is 12.7. The summed E-state index contributed by atoms with van der Waals surface area (Å²) in [6.07, 6.45) is 0. The molecule has 0 saturated heterocycles. The van der Waals surface area contributed by atoms with Crippen LogP contribution in [0.15, 0.2) is 46.9 Å². The van der Waals surface area contributed by atoms with Gasteiger partial charge in [-0.2, -0.15) is 0 Å². The molecule has 110 valence electrons. The molecule has 0 heterocycles. The van der Waals surface area contributed by atoms with E-state index in [1.54, 1.807) is 0 Å². The number of ether oxygens (including phenoxy) is 1. The van der Waals surface area contributed by atoms with Crippen LogP contribution in [0.4, 0.5) is 15.8 Å². The maximum atomic E-state index is 13.4. The third-order valence-corrected chi connectivity index (χ3v) is 3.21. The van der Waals surface area contributed by atoms with E-state index < -0.39 is 11.7 Å². The van der Waals surface area contributed by atoms with Crippen LogP contribution in [0.2, 0.25) is 0 Å². The average molecular weight is 353 g/mol. The second-order valence-electron chi connectivity index (χ2n) is 4.41. The van der Waals surface area contributed by atoms with Crippen LogP contribution < -0.4 is 11.1 Å².